The fraction of sp³-hybridized carbons (Fsp3) is 0.409. The Bertz CT molecular complexity index is 781. The Morgan fingerprint density at radius 3 is 2.61 bits per heavy atom. The van der Waals surface area contributed by atoms with E-state index < -0.39 is 6.10 Å². The number of ether oxygens (including phenoxy) is 2. The Balaban J connectivity index is 1.75. The van der Waals surface area contributed by atoms with E-state index in [1.54, 1.807) is 7.11 Å². The second-order valence-corrected chi connectivity index (χ2v) is 6.88. The number of carbonyl (C=O) groups is 1. The maximum Gasteiger partial charge on any atom is 0.224 e. The van der Waals surface area contributed by atoms with Crippen LogP contribution in [0, 0.1) is 0 Å². The van der Waals surface area contributed by atoms with E-state index in [0.29, 0.717) is 32.6 Å². The van der Waals surface area contributed by atoms with Gasteiger partial charge in [0.25, 0.3) is 0 Å². The molecule has 0 saturated carbocycles. The van der Waals surface area contributed by atoms with Crippen molar-refractivity contribution in [1.29, 1.82) is 0 Å². The van der Waals surface area contributed by atoms with Crippen LogP contribution in [0.5, 0.6) is 11.5 Å². The molecule has 0 spiro atoms. The fourth-order valence-electron chi connectivity index (χ4n) is 3.42. The molecule has 1 aliphatic heterocycles. The van der Waals surface area contributed by atoms with Gasteiger partial charge >= 0.3 is 0 Å². The van der Waals surface area contributed by atoms with Gasteiger partial charge in [0.15, 0.2) is 0 Å². The maximum atomic E-state index is 12.5. The lowest BCUT2D eigenvalue weighted by Gasteiger charge is -2.34. The highest BCUT2D eigenvalue weighted by Gasteiger charge is 2.24. The monoisotopic (exact) mass is 384 g/mol. The van der Waals surface area contributed by atoms with E-state index in [1.165, 1.54) is 0 Å². The van der Waals surface area contributed by atoms with E-state index >= 15 is 0 Å². The number of aliphatic hydroxyl groups is 1. The van der Waals surface area contributed by atoms with Crippen LogP contribution in [0.1, 0.15) is 18.9 Å². The third-order valence-electron chi connectivity index (χ3n) is 4.94. The zero-order valence-electron chi connectivity index (χ0n) is 16.5. The summed E-state index contributed by atoms with van der Waals surface area (Å²) in [6.45, 7) is 4.34. The first-order chi connectivity index (χ1) is 13.6. The molecule has 0 aliphatic carbocycles. The van der Waals surface area contributed by atoms with E-state index in [9.17, 15) is 9.90 Å². The molecule has 0 bridgehead atoms. The van der Waals surface area contributed by atoms with Crippen LogP contribution < -0.4 is 14.4 Å². The average molecular weight is 384 g/mol. The quantitative estimate of drug-likeness (QED) is 0.795. The molecule has 2 aromatic carbocycles. The molecule has 1 heterocycles. The summed E-state index contributed by atoms with van der Waals surface area (Å²) < 4.78 is 11.0. The molecule has 1 unspecified atom stereocenters. The van der Waals surface area contributed by atoms with Crippen molar-refractivity contribution in [3.05, 3.63) is 54.1 Å². The fourth-order valence-corrected chi connectivity index (χ4v) is 3.42. The number of para-hydroxylation sites is 1. The Morgan fingerprint density at radius 2 is 1.89 bits per heavy atom. The van der Waals surface area contributed by atoms with Gasteiger partial charge in [0.2, 0.25) is 5.91 Å². The van der Waals surface area contributed by atoms with Crippen molar-refractivity contribution in [2.24, 2.45) is 0 Å². The molecule has 150 valence electrons. The summed E-state index contributed by atoms with van der Waals surface area (Å²) >= 11 is 0. The van der Waals surface area contributed by atoms with Gasteiger partial charge in [0.1, 0.15) is 24.2 Å². The highest BCUT2D eigenvalue weighted by Crippen LogP contribution is 2.29. The first-order valence-electron chi connectivity index (χ1n) is 9.66. The van der Waals surface area contributed by atoms with Crippen LogP contribution in [0.15, 0.2) is 48.5 Å². The minimum atomic E-state index is -0.674. The molecule has 1 atom stereocenters. The zero-order valence-corrected chi connectivity index (χ0v) is 16.5. The summed E-state index contributed by atoms with van der Waals surface area (Å²) in [6, 6.07) is 15.3. The topological polar surface area (TPSA) is 62.2 Å². The summed E-state index contributed by atoms with van der Waals surface area (Å²) in [5.74, 6) is 1.61. The molecule has 0 radical (unpaired) electrons. The van der Waals surface area contributed by atoms with Crippen LogP contribution in [-0.4, -0.2) is 55.4 Å². The number of hydrogen-bond donors (Lipinski definition) is 1. The minimum Gasteiger partial charge on any atom is -0.497 e. The standard InChI is InChI=1S/C22H28N2O4/c1-3-23-14-17-13-20(27-2)9-10-21(17)24(12-11-22(23)26)15-18(25)16-28-19-7-5-4-6-8-19/h4-10,13,18,25H,3,11-12,14-16H2,1-2H3. The van der Waals surface area contributed by atoms with Gasteiger partial charge in [-0.25, -0.2) is 0 Å². The molecule has 1 N–H and O–H groups in total. The smallest absolute Gasteiger partial charge is 0.224 e. The second-order valence-electron chi connectivity index (χ2n) is 6.88. The predicted octanol–water partition coefficient (Wildman–Crippen LogP) is 2.69. The Hall–Kier alpha value is -2.73. The molecule has 6 nitrogen and oxygen atoms in total. The van der Waals surface area contributed by atoms with Crippen molar-refractivity contribution in [3.8, 4) is 11.5 Å². The van der Waals surface area contributed by atoms with Gasteiger partial charge in [0.05, 0.1) is 7.11 Å². The molecule has 1 amide bonds. The lowest BCUT2D eigenvalue weighted by Crippen LogP contribution is -2.41. The summed E-state index contributed by atoms with van der Waals surface area (Å²) in [6.07, 6.45) is -0.252. The van der Waals surface area contributed by atoms with E-state index in [-0.39, 0.29) is 12.5 Å². The number of fused-ring (bicyclic) bond motifs is 1. The van der Waals surface area contributed by atoms with E-state index in [2.05, 4.69) is 4.90 Å². The summed E-state index contributed by atoms with van der Waals surface area (Å²) in [4.78, 5) is 16.4. The van der Waals surface area contributed by atoms with Crippen LogP contribution in [0.4, 0.5) is 5.69 Å². The molecule has 6 heteroatoms. The summed E-state index contributed by atoms with van der Waals surface area (Å²) in [5, 5.41) is 10.5. The molecule has 0 aromatic heterocycles. The molecule has 28 heavy (non-hydrogen) atoms. The number of aliphatic hydroxyl groups excluding tert-OH is 1. The van der Waals surface area contributed by atoms with Crippen LogP contribution in [0.3, 0.4) is 0 Å². The van der Waals surface area contributed by atoms with Gasteiger partial charge in [0, 0.05) is 38.3 Å². The van der Waals surface area contributed by atoms with Crippen molar-refractivity contribution in [1.82, 2.24) is 4.90 Å². The second kappa shape index (κ2) is 9.46. The lowest BCUT2D eigenvalue weighted by atomic mass is 10.1. The molecule has 2 aromatic rings. The number of carbonyl (C=O) groups excluding carboxylic acids is 1. The minimum absolute atomic E-state index is 0.121. The largest absolute Gasteiger partial charge is 0.497 e. The van der Waals surface area contributed by atoms with Crippen molar-refractivity contribution >= 4 is 11.6 Å². The molecular weight excluding hydrogens is 356 g/mol. The SMILES string of the molecule is CCN1Cc2cc(OC)ccc2N(CC(O)COc2ccccc2)CCC1=O. The van der Waals surface area contributed by atoms with Crippen LogP contribution in [-0.2, 0) is 11.3 Å². The van der Waals surface area contributed by atoms with Gasteiger partial charge in [-0.3, -0.25) is 4.79 Å². The summed E-state index contributed by atoms with van der Waals surface area (Å²) in [7, 11) is 1.63. The van der Waals surface area contributed by atoms with Crippen molar-refractivity contribution in [2.75, 3.05) is 38.3 Å². The number of rotatable bonds is 7. The van der Waals surface area contributed by atoms with Gasteiger partial charge in [-0.15, -0.1) is 0 Å². The number of methoxy groups -OCH3 is 1. The van der Waals surface area contributed by atoms with E-state index in [1.807, 2.05) is 60.4 Å². The van der Waals surface area contributed by atoms with Crippen molar-refractivity contribution < 1.29 is 19.4 Å². The van der Waals surface area contributed by atoms with Gasteiger partial charge < -0.3 is 24.4 Å². The highest BCUT2D eigenvalue weighted by molar-refractivity contribution is 5.78. The van der Waals surface area contributed by atoms with Gasteiger partial charge in [-0.1, -0.05) is 18.2 Å². The first-order valence-corrected chi connectivity index (χ1v) is 9.66. The number of hydrogen-bond acceptors (Lipinski definition) is 5. The molecule has 0 fully saturated rings. The van der Waals surface area contributed by atoms with Crippen LogP contribution >= 0.6 is 0 Å². The third-order valence-corrected chi connectivity index (χ3v) is 4.94. The zero-order chi connectivity index (χ0) is 19.9. The normalized spacial score (nSPS) is 15.5. The Kier molecular flexibility index (Phi) is 6.76. The predicted molar refractivity (Wildman–Crippen MR) is 109 cm³/mol. The Morgan fingerprint density at radius 1 is 1.11 bits per heavy atom. The molecule has 0 saturated heterocycles. The lowest BCUT2D eigenvalue weighted by molar-refractivity contribution is -0.131. The maximum absolute atomic E-state index is 12.5. The van der Waals surface area contributed by atoms with Gasteiger partial charge in [-0.05, 0) is 42.8 Å². The number of nitrogens with zero attached hydrogens (tertiary/aromatic N) is 2. The third kappa shape index (κ3) is 4.95. The van der Waals surface area contributed by atoms with Gasteiger partial charge in [-0.2, -0.15) is 0 Å². The first kappa shape index (κ1) is 20.0. The molecule has 1 aliphatic rings. The molecule has 3 rings (SSSR count). The van der Waals surface area contributed by atoms with Crippen molar-refractivity contribution in [3.63, 3.8) is 0 Å². The van der Waals surface area contributed by atoms with E-state index in [4.69, 9.17) is 9.47 Å². The number of benzene rings is 2. The number of amides is 1. The molecular formula is C22H28N2O4. The number of anilines is 1. The van der Waals surface area contributed by atoms with Crippen molar-refractivity contribution in [2.45, 2.75) is 26.0 Å². The summed E-state index contributed by atoms with van der Waals surface area (Å²) in [5.41, 5.74) is 2.04. The van der Waals surface area contributed by atoms with Crippen LogP contribution in [0.25, 0.3) is 0 Å². The van der Waals surface area contributed by atoms with E-state index in [0.717, 1.165) is 22.7 Å². The number of β-amino-alcohol motifs (C(OH)–C–C–N with tert-alkyl or cyclic N) is 1. The average Bonchev–Trinajstić information content (AvgIpc) is 2.73. The Labute approximate surface area is 166 Å². The highest BCUT2D eigenvalue weighted by atomic mass is 16.5. The van der Waals surface area contributed by atoms with Crippen LogP contribution in [0.2, 0.25) is 0 Å².